The maximum atomic E-state index is 12.9. The highest BCUT2D eigenvalue weighted by atomic mass is 16.5. The highest BCUT2D eigenvalue weighted by Gasteiger charge is 2.29. The maximum absolute atomic E-state index is 12.9. The number of carbonyl (C=O) groups excluding carboxylic acids is 1. The van der Waals surface area contributed by atoms with Crippen LogP contribution in [0.4, 0.5) is 0 Å². The van der Waals surface area contributed by atoms with Gasteiger partial charge in [0.05, 0.1) is 5.56 Å². The average molecular weight is 405 g/mol. The van der Waals surface area contributed by atoms with Crippen molar-refractivity contribution >= 4 is 5.91 Å². The largest absolute Gasteiger partial charge is 0.489 e. The second-order valence-electron chi connectivity index (χ2n) is 9.01. The van der Waals surface area contributed by atoms with Gasteiger partial charge < -0.3 is 9.64 Å². The number of aryl methyl sites for hydroxylation is 1. The van der Waals surface area contributed by atoms with Crippen molar-refractivity contribution in [2.75, 3.05) is 26.2 Å². The fraction of sp³-hybridized carbons (Fsp3) is 0.500. The Hall–Kier alpha value is -2.33. The third-order valence-corrected chi connectivity index (χ3v) is 7.12. The summed E-state index contributed by atoms with van der Waals surface area (Å²) in [6.07, 6.45) is 8.12. The Morgan fingerprint density at radius 3 is 2.33 bits per heavy atom. The molecule has 2 fully saturated rings. The minimum Gasteiger partial charge on any atom is -0.489 e. The molecule has 30 heavy (non-hydrogen) atoms. The van der Waals surface area contributed by atoms with E-state index in [0.717, 1.165) is 63.2 Å². The second-order valence-corrected chi connectivity index (χ2v) is 9.01. The number of likely N-dealkylation sites (tertiary alicyclic amines) is 2. The summed E-state index contributed by atoms with van der Waals surface area (Å²) in [6.45, 7) is 3.91. The molecule has 2 aromatic carbocycles. The molecule has 2 saturated heterocycles. The maximum Gasteiger partial charge on any atom is 0.257 e. The molecule has 2 aromatic rings. The number of piperidine rings is 1. The summed E-state index contributed by atoms with van der Waals surface area (Å²) in [5, 5.41) is 0. The van der Waals surface area contributed by atoms with Gasteiger partial charge in [-0.25, -0.2) is 0 Å². The van der Waals surface area contributed by atoms with Crippen molar-refractivity contribution in [3.63, 3.8) is 0 Å². The zero-order valence-electron chi connectivity index (χ0n) is 17.8. The van der Waals surface area contributed by atoms with Crippen LogP contribution < -0.4 is 4.74 Å². The van der Waals surface area contributed by atoms with E-state index in [9.17, 15) is 4.79 Å². The number of carbonyl (C=O) groups is 1. The molecular weight excluding hydrogens is 372 g/mol. The Morgan fingerprint density at radius 2 is 1.53 bits per heavy atom. The van der Waals surface area contributed by atoms with Crippen molar-refractivity contribution in [3.05, 3.63) is 65.2 Å². The van der Waals surface area contributed by atoms with E-state index < -0.39 is 0 Å². The van der Waals surface area contributed by atoms with E-state index in [4.69, 9.17) is 4.74 Å². The van der Waals surface area contributed by atoms with Gasteiger partial charge in [-0.15, -0.1) is 0 Å². The predicted octanol–water partition coefficient (Wildman–Crippen LogP) is 4.32. The van der Waals surface area contributed by atoms with E-state index in [1.807, 2.05) is 29.2 Å². The Kier molecular flexibility index (Phi) is 5.76. The first-order chi connectivity index (χ1) is 14.8. The van der Waals surface area contributed by atoms with Gasteiger partial charge in [0.2, 0.25) is 0 Å². The molecule has 4 heteroatoms. The molecule has 0 N–H and O–H groups in total. The number of hydrogen-bond acceptors (Lipinski definition) is 3. The number of amides is 1. The van der Waals surface area contributed by atoms with E-state index in [-0.39, 0.29) is 12.0 Å². The lowest BCUT2D eigenvalue weighted by Gasteiger charge is -2.39. The Balaban J connectivity index is 1.19. The molecule has 2 aliphatic heterocycles. The van der Waals surface area contributed by atoms with Gasteiger partial charge in [0.15, 0.2) is 0 Å². The smallest absolute Gasteiger partial charge is 0.257 e. The van der Waals surface area contributed by atoms with Crippen LogP contribution in [0.2, 0.25) is 0 Å². The van der Waals surface area contributed by atoms with Crippen molar-refractivity contribution in [1.82, 2.24) is 9.80 Å². The van der Waals surface area contributed by atoms with Crippen LogP contribution in [0.3, 0.4) is 0 Å². The van der Waals surface area contributed by atoms with Crippen LogP contribution in [0.25, 0.3) is 0 Å². The molecule has 1 unspecified atom stereocenters. The molecule has 0 aromatic heterocycles. The minimum absolute atomic E-state index is 0.126. The summed E-state index contributed by atoms with van der Waals surface area (Å²) in [5.74, 6) is 0.890. The molecule has 0 radical (unpaired) electrons. The highest BCUT2D eigenvalue weighted by Crippen LogP contribution is 2.29. The Bertz CT molecular complexity index is 882. The van der Waals surface area contributed by atoms with Crippen LogP contribution in [0.1, 0.15) is 53.6 Å². The summed E-state index contributed by atoms with van der Waals surface area (Å²) < 4.78 is 6.38. The van der Waals surface area contributed by atoms with Gasteiger partial charge in [0, 0.05) is 32.2 Å². The summed E-state index contributed by atoms with van der Waals surface area (Å²) in [7, 11) is 0. The van der Waals surface area contributed by atoms with Crippen molar-refractivity contribution in [3.8, 4) is 5.75 Å². The average Bonchev–Trinajstić information content (AvgIpc) is 3.34. The van der Waals surface area contributed by atoms with E-state index in [1.165, 1.54) is 30.4 Å². The van der Waals surface area contributed by atoms with Gasteiger partial charge in [-0.05, 0) is 68.2 Å². The van der Waals surface area contributed by atoms with Crippen LogP contribution in [0.5, 0.6) is 5.75 Å². The van der Waals surface area contributed by atoms with Crippen molar-refractivity contribution in [2.45, 2.75) is 57.1 Å². The molecule has 3 aliphatic rings. The van der Waals surface area contributed by atoms with Crippen molar-refractivity contribution < 1.29 is 9.53 Å². The molecule has 1 aliphatic carbocycles. The first-order valence-electron chi connectivity index (χ1n) is 11.6. The number of ether oxygens (including phenoxy) is 1. The third kappa shape index (κ3) is 4.11. The van der Waals surface area contributed by atoms with Gasteiger partial charge in [0.25, 0.3) is 5.91 Å². The number of nitrogens with zero attached hydrogens (tertiary/aromatic N) is 2. The summed E-state index contributed by atoms with van der Waals surface area (Å²) in [5.41, 5.74) is 3.79. The Labute approximate surface area is 179 Å². The van der Waals surface area contributed by atoms with Crippen molar-refractivity contribution in [1.29, 1.82) is 0 Å². The molecule has 0 saturated carbocycles. The molecular formula is C26H32N2O2. The van der Waals surface area contributed by atoms with Gasteiger partial charge in [0.1, 0.15) is 11.9 Å². The fourth-order valence-electron chi connectivity index (χ4n) is 5.37. The van der Waals surface area contributed by atoms with E-state index >= 15 is 0 Å². The molecule has 1 atom stereocenters. The quantitative estimate of drug-likeness (QED) is 0.761. The van der Waals surface area contributed by atoms with Gasteiger partial charge in [-0.1, -0.05) is 36.4 Å². The van der Waals surface area contributed by atoms with Gasteiger partial charge >= 0.3 is 0 Å². The standard InChI is InChI=1S/C26H32N2O2/c29-26(28-15-5-6-16-28)24-9-3-4-10-25(24)30-23-13-17-27(18-14-23)22-12-11-20-7-1-2-8-21(20)19-22/h1-4,7-10,22-23H,5-6,11-19H2. The van der Waals surface area contributed by atoms with Crippen LogP contribution >= 0.6 is 0 Å². The third-order valence-electron chi connectivity index (χ3n) is 7.12. The van der Waals surface area contributed by atoms with E-state index in [2.05, 4.69) is 29.2 Å². The molecule has 2 heterocycles. The molecule has 158 valence electrons. The zero-order valence-corrected chi connectivity index (χ0v) is 17.8. The minimum atomic E-state index is 0.126. The zero-order chi connectivity index (χ0) is 20.3. The number of para-hydroxylation sites is 1. The van der Waals surface area contributed by atoms with E-state index in [0.29, 0.717) is 6.04 Å². The lowest BCUT2D eigenvalue weighted by molar-refractivity contribution is 0.0674. The molecule has 1 amide bonds. The highest BCUT2D eigenvalue weighted by molar-refractivity contribution is 5.97. The summed E-state index contributed by atoms with van der Waals surface area (Å²) in [6, 6.07) is 17.4. The SMILES string of the molecule is O=C(c1ccccc1OC1CCN(C2CCc3ccccc3C2)CC1)N1CCCC1. The molecule has 0 spiro atoms. The summed E-state index contributed by atoms with van der Waals surface area (Å²) >= 11 is 0. The number of rotatable bonds is 4. The summed E-state index contributed by atoms with van der Waals surface area (Å²) in [4.78, 5) is 17.5. The number of benzene rings is 2. The predicted molar refractivity (Wildman–Crippen MR) is 119 cm³/mol. The van der Waals surface area contributed by atoms with Crippen molar-refractivity contribution in [2.24, 2.45) is 0 Å². The first kappa shape index (κ1) is 19.6. The lowest BCUT2D eigenvalue weighted by Crippen LogP contribution is -2.46. The fourth-order valence-corrected chi connectivity index (χ4v) is 5.37. The first-order valence-corrected chi connectivity index (χ1v) is 11.6. The number of hydrogen-bond donors (Lipinski definition) is 0. The van der Waals surface area contributed by atoms with Crippen LogP contribution in [0.15, 0.2) is 48.5 Å². The van der Waals surface area contributed by atoms with E-state index in [1.54, 1.807) is 0 Å². The van der Waals surface area contributed by atoms with Gasteiger partial charge in [-0.2, -0.15) is 0 Å². The topological polar surface area (TPSA) is 32.8 Å². The normalized spacial score (nSPS) is 22.7. The molecule has 5 rings (SSSR count). The molecule has 4 nitrogen and oxygen atoms in total. The monoisotopic (exact) mass is 404 g/mol. The number of fused-ring (bicyclic) bond motifs is 1. The van der Waals surface area contributed by atoms with Crippen LogP contribution in [-0.2, 0) is 12.8 Å². The molecule has 0 bridgehead atoms. The van der Waals surface area contributed by atoms with Crippen LogP contribution in [0, 0.1) is 0 Å². The second kappa shape index (κ2) is 8.81. The van der Waals surface area contributed by atoms with Gasteiger partial charge in [-0.3, -0.25) is 9.69 Å². The Morgan fingerprint density at radius 1 is 0.833 bits per heavy atom. The lowest BCUT2D eigenvalue weighted by atomic mass is 9.86. The van der Waals surface area contributed by atoms with Crippen LogP contribution in [-0.4, -0.2) is 54.0 Å².